The molecule has 0 radical (unpaired) electrons. The highest BCUT2D eigenvalue weighted by molar-refractivity contribution is 9.11. The smallest absolute Gasteiger partial charge is 0.0702 e. The molecule has 102 valence electrons. The maximum Gasteiger partial charge on any atom is 0.0702 e. The molecule has 2 heterocycles. The number of likely N-dealkylation sites (tertiary alicyclic amines) is 1. The number of nitrogens with two attached hydrogens (primary N) is 1. The van der Waals surface area contributed by atoms with Gasteiger partial charge in [0.05, 0.1) is 9.83 Å². The molecule has 3 nitrogen and oxygen atoms in total. The van der Waals surface area contributed by atoms with E-state index in [0.717, 1.165) is 13.1 Å². The van der Waals surface area contributed by atoms with Gasteiger partial charge in [-0.25, -0.2) is 0 Å². The Balaban J connectivity index is 2.12. The van der Waals surface area contributed by atoms with E-state index in [9.17, 15) is 0 Å². The van der Waals surface area contributed by atoms with E-state index in [1.54, 1.807) is 11.3 Å². The third kappa shape index (κ3) is 3.14. The van der Waals surface area contributed by atoms with Crippen LogP contribution in [-0.4, -0.2) is 49.1 Å². The second-order valence-corrected chi connectivity index (χ2v) is 7.84. The molecule has 2 rings (SSSR count). The SMILES string of the molecule is CC(N)C(c1ccc(Br)s1)N1CCC(N(C)C)C1. The fraction of sp³-hybridized carbons (Fsp3) is 0.692. The monoisotopic (exact) mass is 331 g/mol. The molecular formula is C13H22BrN3S. The highest BCUT2D eigenvalue weighted by Crippen LogP contribution is 2.34. The van der Waals surface area contributed by atoms with Crippen LogP contribution in [0, 0.1) is 0 Å². The lowest BCUT2D eigenvalue weighted by atomic mass is 10.1. The number of nitrogens with zero attached hydrogens (tertiary/aromatic N) is 2. The van der Waals surface area contributed by atoms with Crippen molar-refractivity contribution in [3.05, 3.63) is 20.8 Å². The van der Waals surface area contributed by atoms with Gasteiger partial charge in [0, 0.05) is 30.1 Å². The molecule has 0 amide bonds. The summed E-state index contributed by atoms with van der Waals surface area (Å²) in [5.74, 6) is 0. The van der Waals surface area contributed by atoms with Crippen molar-refractivity contribution < 1.29 is 0 Å². The summed E-state index contributed by atoms with van der Waals surface area (Å²) in [6, 6.07) is 5.50. The third-order valence-corrected chi connectivity index (χ3v) is 5.40. The van der Waals surface area contributed by atoms with Gasteiger partial charge in [0.1, 0.15) is 0 Å². The van der Waals surface area contributed by atoms with Crippen LogP contribution in [0.4, 0.5) is 0 Å². The number of rotatable bonds is 4. The van der Waals surface area contributed by atoms with Gasteiger partial charge in [-0.05, 0) is 55.5 Å². The minimum atomic E-state index is 0.163. The van der Waals surface area contributed by atoms with Crippen LogP contribution in [0.15, 0.2) is 15.9 Å². The van der Waals surface area contributed by atoms with Crippen molar-refractivity contribution in [2.75, 3.05) is 27.2 Å². The molecule has 1 aliphatic heterocycles. The van der Waals surface area contributed by atoms with E-state index in [2.05, 4.69) is 58.9 Å². The molecule has 1 aromatic heterocycles. The molecule has 18 heavy (non-hydrogen) atoms. The lowest BCUT2D eigenvalue weighted by Gasteiger charge is -2.30. The quantitative estimate of drug-likeness (QED) is 0.920. The largest absolute Gasteiger partial charge is 0.326 e. The zero-order chi connectivity index (χ0) is 13.3. The molecule has 0 spiro atoms. The van der Waals surface area contributed by atoms with Crippen LogP contribution in [0.3, 0.4) is 0 Å². The van der Waals surface area contributed by atoms with Crippen molar-refractivity contribution in [3.8, 4) is 0 Å². The second-order valence-electron chi connectivity index (χ2n) is 5.35. The molecule has 0 aliphatic carbocycles. The van der Waals surface area contributed by atoms with Crippen molar-refractivity contribution >= 4 is 27.3 Å². The minimum Gasteiger partial charge on any atom is -0.326 e. The van der Waals surface area contributed by atoms with Crippen LogP contribution < -0.4 is 5.73 Å². The van der Waals surface area contributed by atoms with Crippen molar-refractivity contribution in [2.45, 2.75) is 31.5 Å². The Labute approximate surface area is 122 Å². The van der Waals surface area contributed by atoms with E-state index in [0.29, 0.717) is 12.1 Å². The molecule has 3 atom stereocenters. The maximum absolute atomic E-state index is 6.22. The first kappa shape index (κ1) is 14.5. The summed E-state index contributed by atoms with van der Waals surface area (Å²) in [6.45, 7) is 4.38. The normalized spacial score (nSPS) is 24.7. The van der Waals surface area contributed by atoms with Crippen LogP contribution in [0.1, 0.15) is 24.3 Å². The molecule has 2 N–H and O–H groups in total. The topological polar surface area (TPSA) is 32.5 Å². The lowest BCUT2D eigenvalue weighted by Crippen LogP contribution is -2.39. The lowest BCUT2D eigenvalue weighted by molar-refractivity contribution is 0.200. The van der Waals surface area contributed by atoms with Crippen molar-refractivity contribution in [1.82, 2.24) is 9.80 Å². The van der Waals surface area contributed by atoms with Gasteiger partial charge in [0.25, 0.3) is 0 Å². The molecule has 1 aromatic rings. The molecule has 1 saturated heterocycles. The summed E-state index contributed by atoms with van der Waals surface area (Å²) < 4.78 is 1.19. The molecule has 3 unspecified atom stereocenters. The van der Waals surface area contributed by atoms with E-state index >= 15 is 0 Å². The standard InChI is InChI=1S/C13H22BrN3S/c1-9(15)13(11-4-5-12(14)18-11)17-7-6-10(8-17)16(2)3/h4-5,9-10,13H,6-8,15H2,1-3H3. The molecular weight excluding hydrogens is 310 g/mol. The predicted octanol–water partition coefficient (Wildman–Crippen LogP) is 2.53. The summed E-state index contributed by atoms with van der Waals surface area (Å²) in [4.78, 5) is 6.23. The van der Waals surface area contributed by atoms with Gasteiger partial charge >= 0.3 is 0 Å². The molecule has 0 saturated carbocycles. The Morgan fingerprint density at radius 3 is 2.67 bits per heavy atom. The van der Waals surface area contributed by atoms with E-state index in [1.165, 1.54) is 15.1 Å². The minimum absolute atomic E-state index is 0.163. The van der Waals surface area contributed by atoms with Gasteiger partial charge in [-0.2, -0.15) is 0 Å². The highest BCUT2D eigenvalue weighted by atomic mass is 79.9. The summed E-state index contributed by atoms with van der Waals surface area (Å²) in [7, 11) is 4.33. The number of likely N-dealkylation sites (N-methyl/N-ethyl adjacent to an activating group) is 1. The van der Waals surface area contributed by atoms with Gasteiger partial charge in [-0.15, -0.1) is 11.3 Å². The number of hydrogen-bond acceptors (Lipinski definition) is 4. The fourth-order valence-electron chi connectivity index (χ4n) is 2.70. The predicted molar refractivity (Wildman–Crippen MR) is 82.1 cm³/mol. The van der Waals surface area contributed by atoms with Crippen LogP contribution in [0.5, 0.6) is 0 Å². The summed E-state index contributed by atoms with van der Waals surface area (Å²) >= 11 is 5.35. The highest BCUT2D eigenvalue weighted by Gasteiger charge is 2.32. The van der Waals surface area contributed by atoms with E-state index < -0.39 is 0 Å². The van der Waals surface area contributed by atoms with Gasteiger partial charge in [-0.3, -0.25) is 4.90 Å². The Bertz CT molecular complexity index is 391. The van der Waals surface area contributed by atoms with Crippen LogP contribution in [0.2, 0.25) is 0 Å². The van der Waals surface area contributed by atoms with Gasteiger partial charge in [0.15, 0.2) is 0 Å². The van der Waals surface area contributed by atoms with Crippen LogP contribution in [0.25, 0.3) is 0 Å². The first-order valence-corrected chi connectivity index (χ1v) is 8.01. The van der Waals surface area contributed by atoms with Gasteiger partial charge in [-0.1, -0.05) is 0 Å². The Kier molecular flexibility index (Phi) is 4.83. The van der Waals surface area contributed by atoms with E-state index in [4.69, 9.17) is 5.73 Å². The summed E-state index contributed by atoms with van der Waals surface area (Å²) in [6.07, 6.45) is 1.24. The first-order valence-electron chi connectivity index (χ1n) is 6.40. The number of thiophene rings is 1. The molecule has 0 bridgehead atoms. The Hall–Kier alpha value is 0.0600. The van der Waals surface area contributed by atoms with Crippen LogP contribution in [-0.2, 0) is 0 Å². The van der Waals surface area contributed by atoms with E-state index in [1.807, 2.05) is 0 Å². The van der Waals surface area contributed by atoms with Crippen LogP contribution >= 0.6 is 27.3 Å². The third-order valence-electron chi connectivity index (χ3n) is 3.70. The number of halogens is 1. The average molecular weight is 332 g/mol. The first-order chi connectivity index (χ1) is 8.49. The summed E-state index contributed by atoms with van der Waals surface area (Å²) in [5.41, 5.74) is 6.22. The molecule has 0 aromatic carbocycles. The van der Waals surface area contributed by atoms with E-state index in [-0.39, 0.29) is 6.04 Å². The van der Waals surface area contributed by atoms with Gasteiger partial charge in [0.2, 0.25) is 0 Å². The van der Waals surface area contributed by atoms with Gasteiger partial charge < -0.3 is 10.6 Å². The number of hydrogen-bond donors (Lipinski definition) is 1. The maximum atomic E-state index is 6.22. The zero-order valence-corrected chi connectivity index (χ0v) is 13.7. The molecule has 1 fully saturated rings. The Morgan fingerprint density at radius 2 is 2.22 bits per heavy atom. The van der Waals surface area contributed by atoms with Crippen molar-refractivity contribution in [2.24, 2.45) is 5.73 Å². The second kappa shape index (κ2) is 6.01. The van der Waals surface area contributed by atoms with Crippen molar-refractivity contribution in [1.29, 1.82) is 0 Å². The van der Waals surface area contributed by atoms with Crippen molar-refractivity contribution in [3.63, 3.8) is 0 Å². The Morgan fingerprint density at radius 1 is 1.50 bits per heavy atom. The summed E-state index contributed by atoms with van der Waals surface area (Å²) in [5, 5.41) is 0. The fourth-order valence-corrected chi connectivity index (χ4v) is 4.38. The molecule has 5 heteroatoms. The average Bonchev–Trinajstić information content (AvgIpc) is 2.88. The molecule has 1 aliphatic rings. The zero-order valence-electron chi connectivity index (χ0n) is 11.3.